The molecule has 2 fully saturated rings. The maximum Gasteiger partial charge on any atom is 0.426 e. The molecule has 0 aromatic heterocycles. The van der Waals surface area contributed by atoms with Crippen LogP contribution in [0.15, 0.2) is 0 Å². The van der Waals surface area contributed by atoms with Crippen molar-refractivity contribution >= 4 is 12.0 Å². The van der Waals surface area contributed by atoms with Crippen LogP contribution in [-0.4, -0.2) is 57.3 Å². The Morgan fingerprint density at radius 1 is 1.36 bits per heavy atom. The normalized spacial score (nSPS) is 29.7. The molecule has 0 bridgehead atoms. The van der Waals surface area contributed by atoms with Crippen molar-refractivity contribution in [2.24, 2.45) is 5.73 Å². The Labute approximate surface area is 131 Å². The Bertz CT molecular complexity index is 435. The zero-order chi connectivity index (χ0) is 16.5. The van der Waals surface area contributed by atoms with Gasteiger partial charge in [0.2, 0.25) is 0 Å². The van der Waals surface area contributed by atoms with E-state index in [1.54, 1.807) is 0 Å². The van der Waals surface area contributed by atoms with E-state index >= 15 is 0 Å². The zero-order valence-corrected chi connectivity index (χ0v) is 13.7. The van der Waals surface area contributed by atoms with E-state index in [1.807, 2.05) is 0 Å². The van der Waals surface area contributed by atoms with Crippen LogP contribution in [-0.2, 0) is 4.79 Å². The van der Waals surface area contributed by atoms with Gasteiger partial charge in [-0.1, -0.05) is 0 Å². The second kappa shape index (κ2) is 6.42. The van der Waals surface area contributed by atoms with Crippen LogP contribution < -0.4 is 11.1 Å². The molecule has 0 aromatic rings. The third-order valence-electron chi connectivity index (χ3n) is 4.31. The summed E-state index contributed by atoms with van der Waals surface area (Å²) >= 11 is 0. The molecule has 0 spiro atoms. The number of rotatable bonds is 3. The van der Waals surface area contributed by atoms with Crippen LogP contribution in [0, 0.1) is 0 Å². The fourth-order valence-electron chi connectivity index (χ4n) is 3.49. The van der Waals surface area contributed by atoms with E-state index < -0.39 is 12.1 Å². The Kier molecular flexibility index (Phi) is 4.97. The summed E-state index contributed by atoms with van der Waals surface area (Å²) in [6.07, 6.45) is 2.95. The van der Waals surface area contributed by atoms with Gasteiger partial charge in [-0.2, -0.15) is 0 Å². The molecule has 7 nitrogen and oxygen atoms in total. The number of hydrogen-bond acceptors (Lipinski definition) is 4. The van der Waals surface area contributed by atoms with E-state index in [9.17, 15) is 14.7 Å². The Morgan fingerprint density at radius 2 is 2.05 bits per heavy atom. The molecule has 2 aliphatic rings. The Hall–Kier alpha value is -1.34. The molecule has 1 saturated heterocycles. The van der Waals surface area contributed by atoms with Gasteiger partial charge in [0.25, 0.3) is 5.91 Å². The largest absolute Gasteiger partial charge is 0.464 e. The highest BCUT2D eigenvalue weighted by atomic mass is 16.4. The molecule has 2 unspecified atom stereocenters. The van der Waals surface area contributed by atoms with E-state index in [0.717, 1.165) is 25.7 Å². The fraction of sp³-hybridized carbons (Fsp3) is 0.867. The molecule has 0 aromatic carbocycles. The van der Waals surface area contributed by atoms with E-state index in [4.69, 9.17) is 5.73 Å². The molecule has 126 valence electrons. The first-order valence-corrected chi connectivity index (χ1v) is 8.06. The smallest absolute Gasteiger partial charge is 0.426 e. The van der Waals surface area contributed by atoms with Gasteiger partial charge < -0.3 is 16.2 Å². The lowest BCUT2D eigenvalue weighted by atomic mass is 9.89. The number of carboxylic acid groups (broad SMARTS) is 1. The van der Waals surface area contributed by atoms with Gasteiger partial charge in [-0.25, -0.2) is 14.8 Å². The Balaban J connectivity index is 2.08. The maximum atomic E-state index is 12.1. The molecule has 22 heavy (non-hydrogen) atoms. The van der Waals surface area contributed by atoms with E-state index in [0.29, 0.717) is 13.0 Å². The van der Waals surface area contributed by atoms with E-state index in [1.165, 1.54) is 10.0 Å². The minimum absolute atomic E-state index is 0.00751. The van der Waals surface area contributed by atoms with Crippen molar-refractivity contribution in [3.8, 4) is 0 Å². The first kappa shape index (κ1) is 17.0. The van der Waals surface area contributed by atoms with Gasteiger partial charge in [0.15, 0.2) is 0 Å². The lowest BCUT2D eigenvalue weighted by Gasteiger charge is -2.41. The van der Waals surface area contributed by atoms with Crippen molar-refractivity contribution in [3.05, 3.63) is 0 Å². The molecule has 1 aliphatic heterocycles. The molecule has 1 aliphatic carbocycles. The minimum Gasteiger partial charge on any atom is -0.464 e. The number of carbonyl (C=O) groups excluding carboxylic acids is 1. The molecule has 1 saturated carbocycles. The highest BCUT2D eigenvalue weighted by molar-refractivity contribution is 5.85. The fourth-order valence-corrected chi connectivity index (χ4v) is 3.49. The van der Waals surface area contributed by atoms with Crippen molar-refractivity contribution in [2.45, 2.75) is 76.5 Å². The first-order chi connectivity index (χ1) is 10.2. The number of nitrogens with two attached hydrogens (primary N) is 1. The van der Waals surface area contributed by atoms with E-state index in [-0.39, 0.29) is 23.5 Å². The summed E-state index contributed by atoms with van der Waals surface area (Å²) in [5.41, 5.74) is 5.72. The van der Waals surface area contributed by atoms with Crippen molar-refractivity contribution < 1.29 is 14.7 Å². The second-order valence-corrected chi connectivity index (χ2v) is 7.40. The van der Waals surface area contributed by atoms with Crippen LogP contribution in [0.5, 0.6) is 0 Å². The SMILES string of the molecule is CC(C)(C)N[C@@H]1CCCC(N(C(=O)O)N2CCC(N)C2=O)C1. The third kappa shape index (κ3) is 3.89. The second-order valence-electron chi connectivity index (χ2n) is 7.40. The van der Waals surface area contributed by atoms with Crippen molar-refractivity contribution in [1.29, 1.82) is 0 Å². The van der Waals surface area contributed by atoms with Crippen LogP contribution in [0.4, 0.5) is 4.79 Å². The minimum atomic E-state index is -1.07. The van der Waals surface area contributed by atoms with E-state index in [2.05, 4.69) is 26.1 Å². The van der Waals surface area contributed by atoms with Crippen molar-refractivity contribution in [3.63, 3.8) is 0 Å². The van der Waals surface area contributed by atoms with Gasteiger partial charge in [-0.15, -0.1) is 0 Å². The number of amides is 2. The highest BCUT2D eigenvalue weighted by Gasteiger charge is 2.40. The van der Waals surface area contributed by atoms with Gasteiger partial charge in [-0.3, -0.25) is 4.79 Å². The van der Waals surface area contributed by atoms with Crippen molar-refractivity contribution in [1.82, 2.24) is 15.3 Å². The predicted octanol–water partition coefficient (Wildman–Crippen LogP) is 1.14. The summed E-state index contributed by atoms with van der Waals surface area (Å²) < 4.78 is 0. The number of hydrazine groups is 1. The average molecular weight is 312 g/mol. The van der Waals surface area contributed by atoms with Crippen LogP contribution >= 0.6 is 0 Å². The maximum absolute atomic E-state index is 12.1. The van der Waals surface area contributed by atoms with Gasteiger partial charge in [-0.05, 0) is 52.9 Å². The van der Waals surface area contributed by atoms with Gasteiger partial charge in [0.1, 0.15) is 0 Å². The summed E-state index contributed by atoms with van der Waals surface area (Å²) in [5.74, 6) is -0.284. The first-order valence-electron chi connectivity index (χ1n) is 8.06. The molecule has 0 radical (unpaired) electrons. The quantitative estimate of drug-likeness (QED) is 0.726. The molecule has 4 N–H and O–H groups in total. The summed E-state index contributed by atoms with van der Waals surface area (Å²) in [5, 5.41) is 15.7. The van der Waals surface area contributed by atoms with Gasteiger partial charge in [0.05, 0.1) is 12.1 Å². The predicted molar refractivity (Wildman–Crippen MR) is 83.1 cm³/mol. The van der Waals surface area contributed by atoms with Crippen molar-refractivity contribution in [2.75, 3.05) is 6.54 Å². The molecular formula is C15H28N4O3. The van der Waals surface area contributed by atoms with Crippen LogP contribution in [0.1, 0.15) is 52.9 Å². The third-order valence-corrected chi connectivity index (χ3v) is 4.31. The van der Waals surface area contributed by atoms with Gasteiger partial charge in [0, 0.05) is 18.1 Å². The molecule has 2 rings (SSSR count). The molecule has 3 atom stereocenters. The Morgan fingerprint density at radius 3 is 2.55 bits per heavy atom. The highest BCUT2D eigenvalue weighted by Crippen LogP contribution is 2.27. The zero-order valence-electron chi connectivity index (χ0n) is 13.7. The summed E-state index contributed by atoms with van der Waals surface area (Å²) in [6, 6.07) is -0.471. The lowest BCUT2D eigenvalue weighted by Crippen LogP contribution is -2.57. The van der Waals surface area contributed by atoms with Crippen LogP contribution in [0.3, 0.4) is 0 Å². The van der Waals surface area contributed by atoms with Crippen LogP contribution in [0.25, 0.3) is 0 Å². The molecular weight excluding hydrogens is 284 g/mol. The topological polar surface area (TPSA) is 98.9 Å². The summed E-state index contributed by atoms with van der Waals surface area (Å²) in [7, 11) is 0. The van der Waals surface area contributed by atoms with Gasteiger partial charge >= 0.3 is 6.09 Å². The number of hydrogen-bond donors (Lipinski definition) is 3. The number of nitrogens with zero attached hydrogens (tertiary/aromatic N) is 2. The summed E-state index contributed by atoms with van der Waals surface area (Å²) in [4.78, 5) is 23.8. The average Bonchev–Trinajstić information content (AvgIpc) is 2.69. The lowest BCUT2D eigenvalue weighted by molar-refractivity contribution is -0.145. The standard InChI is InChI=1S/C15H28N4O3/c1-15(2,3)17-10-5-4-6-11(9-10)19(14(21)22)18-8-7-12(16)13(18)20/h10-12,17H,4-9,16H2,1-3H3,(H,21,22)/t10-,11?,12?/m1/s1. The molecule has 1 heterocycles. The summed E-state index contributed by atoms with van der Waals surface area (Å²) in [6.45, 7) is 6.71. The van der Waals surface area contributed by atoms with Crippen LogP contribution in [0.2, 0.25) is 0 Å². The molecule has 7 heteroatoms. The number of nitrogens with one attached hydrogen (secondary N) is 1. The monoisotopic (exact) mass is 312 g/mol. The molecule has 2 amide bonds. The number of carbonyl (C=O) groups is 2.